The molecule has 0 saturated carbocycles. The second-order valence-corrected chi connectivity index (χ2v) is 4.03. The van der Waals surface area contributed by atoms with Crippen molar-refractivity contribution >= 4 is 0 Å². The summed E-state index contributed by atoms with van der Waals surface area (Å²) in [5.74, 6) is 0.948. The van der Waals surface area contributed by atoms with Crippen molar-refractivity contribution in [2.24, 2.45) is 5.73 Å². The van der Waals surface area contributed by atoms with E-state index in [1.54, 1.807) is 7.11 Å². The first-order chi connectivity index (χ1) is 7.65. The van der Waals surface area contributed by atoms with Crippen molar-refractivity contribution in [1.29, 1.82) is 0 Å². The van der Waals surface area contributed by atoms with Crippen LogP contribution in [0, 0.1) is 13.8 Å². The van der Waals surface area contributed by atoms with Gasteiger partial charge in [-0.1, -0.05) is 6.07 Å². The SMILES string of the molecule is CNC(CCN)c1ccc(OC)c(C)c1C. The number of benzene rings is 1. The largest absolute Gasteiger partial charge is 0.496 e. The molecule has 1 aromatic rings. The second kappa shape index (κ2) is 5.87. The van der Waals surface area contributed by atoms with Crippen molar-refractivity contribution in [2.75, 3.05) is 20.7 Å². The van der Waals surface area contributed by atoms with E-state index in [4.69, 9.17) is 10.5 Å². The van der Waals surface area contributed by atoms with Crippen LogP contribution in [0.1, 0.15) is 29.2 Å². The molecule has 16 heavy (non-hydrogen) atoms. The molecule has 0 heterocycles. The van der Waals surface area contributed by atoms with Crippen LogP contribution in [-0.2, 0) is 0 Å². The van der Waals surface area contributed by atoms with Gasteiger partial charge in [-0.15, -0.1) is 0 Å². The fraction of sp³-hybridized carbons (Fsp3) is 0.538. The maximum Gasteiger partial charge on any atom is 0.122 e. The zero-order valence-electron chi connectivity index (χ0n) is 10.6. The Kier molecular flexibility index (Phi) is 4.77. The molecule has 0 aliphatic carbocycles. The van der Waals surface area contributed by atoms with E-state index in [1.165, 1.54) is 16.7 Å². The highest BCUT2D eigenvalue weighted by Crippen LogP contribution is 2.28. The summed E-state index contributed by atoms with van der Waals surface area (Å²) in [6.07, 6.45) is 0.948. The number of ether oxygens (including phenoxy) is 1. The topological polar surface area (TPSA) is 47.3 Å². The lowest BCUT2D eigenvalue weighted by atomic mass is 9.95. The minimum absolute atomic E-state index is 0.328. The van der Waals surface area contributed by atoms with E-state index < -0.39 is 0 Å². The third kappa shape index (κ3) is 2.54. The number of nitrogens with two attached hydrogens (primary N) is 1. The Balaban J connectivity index is 3.09. The second-order valence-electron chi connectivity index (χ2n) is 4.03. The highest BCUT2D eigenvalue weighted by Gasteiger charge is 2.13. The predicted molar refractivity (Wildman–Crippen MR) is 67.9 cm³/mol. The lowest BCUT2D eigenvalue weighted by Gasteiger charge is -2.20. The third-order valence-corrected chi connectivity index (χ3v) is 3.18. The Hall–Kier alpha value is -1.06. The highest BCUT2D eigenvalue weighted by molar-refractivity contribution is 5.44. The maximum absolute atomic E-state index is 5.62. The fourth-order valence-electron chi connectivity index (χ4n) is 2.04. The number of rotatable bonds is 5. The molecule has 0 fully saturated rings. The zero-order chi connectivity index (χ0) is 12.1. The number of nitrogens with one attached hydrogen (secondary N) is 1. The van der Waals surface area contributed by atoms with Crippen LogP contribution < -0.4 is 15.8 Å². The summed E-state index contributed by atoms with van der Waals surface area (Å²) in [5.41, 5.74) is 9.42. The molecule has 3 heteroatoms. The Bertz CT molecular complexity index is 350. The van der Waals surface area contributed by atoms with Gasteiger partial charge in [0.25, 0.3) is 0 Å². The van der Waals surface area contributed by atoms with Gasteiger partial charge in [-0.3, -0.25) is 0 Å². The lowest BCUT2D eigenvalue weighted by Crippen LogP contribution is -2.21. The lowest BCUT2D eigenvalue weighted by molar-refractivity contribution is 0.410. The molecule has 1 atom stereocenters. The summed E-state index contributed by atoms with van der Waals surface area (Å²) in [6.45, 7) is 4.91. The number of hydrogen-bond acceptors (Lipinski definition) is 3. The van der Waals surface area contributed by atoms with Crippen molar-refractivity contribution in [1.82, 2.24) is 5.32 Å². The van der Waals surface area contributed by atoms with E-state index in [9.17, 15) is 0 Å². The Morgan fingerprint density at radius 1 is 1.31 bits per heavy atom. The fourth-order valence-corrected chi connectivity index (χ4v) is 2.04. The summed E-state index contributed by atoms with van der Waals surface area (Å²) in [6, 6.07) is 4.48. The van der Waals surface area contributed by atoms with Crippen LogP contribution in [0.4, 0.5) is 0 Å². The average Bonchev–Trinajstić information content (AvgIpc) is 2.30. The summed E-state index contributed by atoms with van der Waals surface area (Å²) in [4.78, 5) is 0. The van der Waals surface area contributed by atoms with Crippen molar-refractivity contribution in [3.8, 4) is 5.75 Å². The van der Waals surface area contributed by atoms with Crippen LogP contribution in [0.25, 0.3) is 0 Å². The van der Waals surface area contributed by atoms with E-state index in [1.807, 2.05) is 13.1 Å². The van der Waals surface area contributed by atoms with Crippen LogP contribution in [0.3, 0.4) is 0 Å². The van der Waals surface area contributed by atoms with Crippen molar-refractivity contribution in [2.45, 2.75) is 26.3 Å². The Morgan fingerprint density at radius 3 is 2.50 bits per heavy atom. The van der Waals surface area contributed by atoms with Crippen LogP contribution >= 0.6 is 0 Å². The zero-order valence-corrected chi connectivity index (χ0v) is 10.6. The van der Waals surface area contributed by atoms with E-state index in [0.29, 0.717) is 12.6 Å². The molecule has 0 saturated heterocycles. The van der Waals surface area contributed by atoms with E-state index in [0.717, 1.165) is 12.2 Å². The molecule has 0 aliphatic rings. The van der Waals surface area contributed by atoms with Gasteiger partial charge in [-0.05, 0) is 56.6 Å². The first kappa shape index (κ1) is 13.0. The molecule has 1 unspecified atom stereocenters. The van der Waals surface area contributed by atoms with Crippen LogP contribution in [0.2, 0.25) is 0 Å². The highest BCUT2D eigenvalue weighted by atomic mass is 16.5. The monoisotopic (exact) mass is 222 g/mol. The van der Waals surface area contributed by atoms with Crippen LogP contribution in [0.5, 0.6) is 5.75 Å². The molecule has 3 nitrogen and oxygen atoms in total. The molecule has 0 amide bonds. The van der Waals surface area contributed by atoms with E-state index in [-0.39, 0.29) is 0 Å². The van der Waals surface area contributed by atoms with Gasteiger partial charge in [0.2, 0.25) is 0 Å². The van der Waals surface area contributed by atoms with Gasteiger partial charge in [0.1, 0.15) is 5.75 Å². The van der Waals surface area contributed by atoms with Gasteiger partial charge in [0.15, 0.2) is 0 Å². The summed E-state index contributed by atoms with van der Waals surface area (Å²) >= 11 is 0. The minimum atomic E-state index is 0.328. The minimum Gasteiger partial charge on any atom is -0.496 e. The molecular formula is C13H22N2O. The molecule has 0 bridgehead atoms. The first-order valence-corrected chi connectivity index (χ1v) is 5.67. The van der Waals surface area contributed by atoms with E-state index in [2.05, 4.69) is 25.2 Å². The summed E-state index contributed by atoms with van der Waals surface area (Å²) < 4.78 is 5.31. The van der Waals surface area contributed by atoms with Crippen molar-refractivity contribution in [3.63, 3.8) is 0 Å². The smallest absolute Gasteiger partial charge is 0.122 e. The predicted octanol–water partition coefficient (Wildman–Crippen LogP) is 1.92. The molecular weight excluding hydrogens is 200 g/mol. The summed E-state index contributed by atoms with van der Waals surface area (Å²) in [5, 5.41) is 3.30. The Labute approximate surface area is 98.0 Å². The van der Waals surface area contributed by atoms with E-state index >= 15 is 0 Å². The van der Waals surface area contributed by atoms with Gasteiger partial charge >= 0.3 is 0 Å². The molecule has 0 aromatic heterocycles. The first-order valence-electron chi connectivity index (χ1n) is 5.67. The van der Waals surface area contributed by atoms with Gasteiger partial charge in [0, 0.05) is 6.04 Å². The van der Waals surface area contributed by atoms with Gasteiger partial charge in [-0.2, -0.15) is 0 Å². The molecule has 0 radical (unpaired) electrons. The van der Waals surface area contributed by atoms with Crippen molar-refractivity contribution in [3.05, 3.63) is 28.8 Å². The average molecular weight is 222 g/mol. The van der Waals surface area contributed by atoms with Crippen LogP contribution in [-0.4, -0.2) is 20.7 Å². The number of hydrogen-bond donors (Lipinski definition) is 2. The number of methoxy groups -OCH3 is 1. The van der Waals surface area contributed by atoms with Gasteiger partial charge in [-0.25, -0.2) is 0 Å². The molecule has 90 valence electrons. The normalized spacial score (nSPS) is 12.6. The molecule has 0 spiro atoms. The molecule has 1 rings (SSSR count). The molecule has 0 aliphatic heterocycles. The summed E-state index contributed by atoms with van der Waals surface area (Å²) in [7, 11) is 3.68. The standard InChI is InChI=1S/C13H22N2O/c1-9-10(2)13(16-4)6-5-11(9)12(15-3)7-8-14/h5-6,12,15H,7-8,14H2,1-4H3. The Morgan fingerprint density at radius 2 is 2.00 bits per heavy atom. The quantitative estimate of drug-likeness (QED) is 0.800. The maximum atomic E-state index is 5.62. The van der Waals surface area contributed by atoms with Gasteiger partial charge in [0.05, 0.1) is 7.11 Å². The third-order valence-electron chi connectivity index (χ3n) is 3.18. The van der Waals surface area contributed by atoms with Crippen molar-refractivity contribution < 1.29 is 4.74 Å². The van der Waals surface area contributed by atoms with Gasteiger partial charge < -0.3 is 15.8 Å². The van der Waals surface area contributed by atoms with Crippen LogP contribution in [0.15, 0.2) is 12.1 Å². The molecule has 3 N–H and O–H groups in total. The molecule has 1 aromatic carbocycles.